The predicted octanol–water partition coefficient (Wildman–Crippen LogP) is 5.63. The topological polar surface area (TPSA) is 84.0 Å². The van der Waals surface area contributed by atoms with Gasteiger partial charge in [-0.05, 0) is 60.2 Å². The summed E-state index contributed by atoms with van der Waals surface area (Å²) in [6, 6.07) is 18.9. The van der Waals surface area contributed by atoms with Crippen LogP contribution in [0, 0.1) is 0 Å². The Morgan fingerprint density at radius 2 is 1.73 bits per heavy atom. The highest BCUT2D eigenvalue weighted by atomic mass is 35.5. The van der Waals surface area contributed by atoms with Gasteiger partial charge in [-0.15, -0.1) is 0 Å². The summed E-state index contributed by atoms with van der Waals surface area (Å²) in [7, 11) is 0. The lowest BCUT2D eigenvalue weighted by molar-refractivity contribution is 0.0949. The molecule has 0 saturated heterocycles. The molecule has 164 valence electrons. The molecule has 2 aromatic heterocycles. The molecule has 2 amide bonds. The highest BCUT2D eigenvalue weighted by Gasteiger charge is 2.15. The van der Waals surface area contributed by atoms with Crippen LogP contribution in [0.1, 0.15) is 26.3 Å². The van der Waals surface area contributed by atoms with Crippen molar-refractivity contribution in [3.63, 3.8) is 0 Å². The smallest absolute Gasteiger partial charge is 0.255 e. The van der Waals surface area contributed by atoms with E-state index in [-0.39, 0.29) is 22.4 Å². The van der Waals surface area contributed by atoms with E-state index in [0.29, 0.717) is 34.1 Å². The zero-order chi connectivity index (χ0) is 23.2. The second-order valence-electron chi connectivity index (χ2n) is 7.10. The van der Waals surface area contributed by atoms with Crippen molar-refractivity contribution in [3.05, 3.63) is 112 Å². The number of hydrogen-bond donors (Lipinski definition) is 2. The lowest BCUT2D eigenvalue weighted by Crippen LogP contribution is -2.23. The van der Waals surface area contributed by atoms with E-state index in [1.54, 1.807) is 48.9 Å². The summed E-state index contributed by atoms with van der Waals surface area (Å²) in [5.74, 6) is -0.706. The lowest BCUT2D eigenvalue weighted by Gasteiger charge is -2.11. The zero-order valence-electron chi connectivity index (χ0n) is 17.3. The normalized spacial score (nSPS) is 10.5. The van der Waals surface area contributed by atoms with Gasteiger partial charge in [-0.1, -0.05) is 35.3 Å². The van der Waals surface area contributed by atoms with Gasteiger partial charge in [0.25, 0.3) is 11.8 Å². The fourth-order valence-corrected chi connectivity index (χ4v) is 3.63. The molecular weight excluding hydrogens is 459 g/mol. The molecule has 0 radical (unpaired) electrons. The first-order valence-corrected chi connectivity index (χ1v) is 10.8. The Bertz CT molecular complexity index is 1300. The molecule has 0 aliphatic carbocycles. The summed E-state index contributed by atoms with van der Waals surface area (Å²) in [6.07, 6.45) is 5.01. The van der Waals surface area contributed by atoms with Crippen molar-refractivity contribution in [3.8, 4) is 11.3 Å². The number of nitrogens with zero attached hydrogens (tertiary/aromatic N) is 2. The molecule has 4 aromatic rings. The SMILES string of the molecule is O=C(Nc1ccc(Cl)c(-c2ccccn2)c1)c1ccc(C(=O)NCc2cccnc2)c(Cl)c1. The summed E-state index contributed by atoms with van der Waals surface area (Å²) < 4.78 is 0. The number of carbonyl (C=O) groups is 2. The van der Waals surface area contributed by atoms with E-state index in [2.05, 4.69) is 20.6 Å². The van der Waals surface area contributed by atoms with Crippen molar-refractivity contribution in [2.45, 2.75) is 6.54 Å². The van der Waals surface area contributed by atoms with Crippen LogP contribution in [-0.2, 0) is 6.54 Å². The van der Waals surface area contributed by atoms with E-state index in [4.69, 9.17) is 23.2 Å². The van der Waals surface area contributed by atoms with E-state index in [0.717, 1.165) is 5.56 Å². The van der Waals surface area contributed by atoms with Crippen LogP contribution < -0.4 is 10.6 Å². The van der Waals surface area contributed by atoms with Crippen molar-refractivity contribution >= 4 is 40.7 Å². The molecule has 0 saturated carbocycles. The molecule has 0 unspecified atom stereocenters. The van der Waals surface area contributed by atoms with E-state index in [1.807, 2.05) is 24.3 Å². The van der Waals surface area contributed by atoms with Crippen LogP contribution in [0.3, 0.4) is 0 Å². The average Bonchev–Trinajstić information content (AvgIpc) is 2.84. The number of hydrogen-bond acceptors (Lipinski definition) is 4. The Morgan fingerprint density at radius 3 is 2.45 bits per heavy atom. The highest BCUT2D eigenvalue weighted by molar-refractivity contribution is 6.34. The van der Waals surface area contributed by atoms with Crippen molar-refractivity contribution in [1.29, 1.82) is 0 Å². The molecule has 0 aliphatic heterocycles. The van der Waals surface area contributed by atoms with Crippen molar-refractivity contribution < 1.29 is 9.59 Å². The van der Waals surface area contributed by atoms with Gasteiger partial charge in [0, 0.05) is 41.9 Å². The molecule has 0 spiro atoms. The molecule has 2 N–H and O–H groups in total. The van der Waals surface area contributed by atoms with E-state index < -0.39 is 0 Å². The number of pyridine rings is 2. The highest BCUT2D eigenvalue weighted by Crippen LogP contribution is 2.29. The number of rotatable bonds is 6. The maximum absolute atomic E-state index is 12.8. The fourth-order valence-electron chi connectivity index (χ4n) is 3.15. The van der Waals surface area contributed by atoms with Gasteiger partial charge < -0.3 is 10.6 Å². The monoisotopic (exact) mass is 476 g/mol. The number of amides is 2. The molecule has 2 aromatic carbocycles. The molecule has 0 bridgehead atoms. The first-order valence-electron chi connectivity index (χ1n) is 10.0. The second-order valence-corrected chi connectivity index (χ2v) is 7.92. The molecule has 0 aliphatic rings. The van der Waals surface area contributed by atoms with Crippen LogP contribution in [0.2, 0.25) is 10.0 Å². The van der Waals surface area contributed by atoms with Crippen LogP contribution in [0.25, 0.3) is 11.3 Å². The molecule has 8 heteroatoms. The van der Waals surface area contributed by atoms with Crippen LogP contribution in [0.15, 0.2) is 85.3 Å². The van der Waals surface area contributed by atoms with Crippen molar-refractivity contribution in [2.75, 3.05) is 5.32 Å². The quantitative estimate of drug-likeness (QED) is 0.377. The summed E-state index contributed by atoms with van der Waals surface area (Å²) in [6.45, 7) is 0.320. The lowest BCUT2D eigenvalue weighted by atomic mass is 10.1. The summed E-state index contributed by atoms with van der Waals surface area (Å²) in [5, 5.41) is 6.32. The largest absolute Gasteiger partial charge is 0.348 e. The van der Waals surface area contributed by atoms with E-state index >= 15 is 0 Å². The van der Waals surface area contributed by atoms with Crippen molar-refractivity contribution in [2.24, 2.45) is 0 Å². The maximum Gasteiger partial charge on any atom is 0.255 e. The van der Waals surface area contributed by atoms with Crippen LogP contribution in [0.5, 0.6) is 0 Å². The zero-order valence-corrected chi connectivity index (χ0v) is 18.8. The molecule has 33 heavy (non-hydrogen) atoms. The predicted molar refractivity (Wildman–Crippen MR) is 129 cm³/mol. The Hall–Kier alpha value is -3.74. The number of anilines is 1. The van der Waals surface area contributed by atoms with Gasteiger partial charge in [-0.2, -0.15) is 0 Å². The van der Waals surface area contributed by atoms with Gasteiger partial charge >= 0.3 is 0 Å². The van der Waals surface area contributed by atoms with Crippen molar-refractivity contribution in [1.82, 2.24) is 15.3 Å². The van der Waals surface area contributed by atoms with Gasteiger partial charge in [0.15, 0.2) is 0 Å². The summed E-state index contributed by atoms with van der Waals surface area (Å²) in [5.41, 5.74) is 3.42. The number of halogens is 2. The number of nitrogens with one attached hydrogen (secondary N) is 2. The average molecular weight is 477 g/mol. The molecule has 0 fully saturated rings. The third-order valence-electron chi connectivity index (χ3n) is 4.82. The maximum atomic E-state index is 12.8. The number of aromatic nitrogens is 2. The molecule has 2 heterocycles. The van der Waals surface area contributed by atoms with E-state index in [9.17, 15) is 9.59 Å². The molecule has 6 nitrogen and oxygen atoms in total. The molecular formula is C25H18Cl2N4O2. The van der Waals surface area contributed by atoms with Crippen LogP contribution >= 0.6 is 23.2 Å². The van der Waals surface area contributed by atoms with Crippen LogP contribution in [-0.4, -0.2) is 21.8 Å². The van der Waals surface area contributed by atoms with Gasteiger partial charge in [-0.25, -0.2) is 0 Å². The number of carbonyl (C=O) groups excluding carboxylic acids is 2. The minimum absolute atomic E-state index is 0.177. The Kier molecular flexibility index (Phi) is 6.98. The Morgan fingerprint density at radius 1 is 0.848 bits per heavy atom. The first-order chi connectivity index (χ1) is 16.0. The van der Waals surface area contributed by atoms with Gasteiger partial charge in [0.05, 0.1) is 21.3 Å². The van der Waals surface area contributed by atoms with Gasteiger partial charge in [0.1, 0.15) is 0 Å². The minimum Gasteiger partial charge on any atom is -0.348 e. The molecule has 4 rings (SSSR count). The summed E-state index contributed by atoms with van der Waals surface area (Å²) >= 11 is 12.6. The van der Waals surface area contributed by atoms with Gasteiger partial charge in [-0.3, -0.25) is 19.6 Å². The third-order valence-corrected chi connectivity index (χ3v) is 5.46. The first kappa shape index (κ1) is 22.5. The number of benzene rings is 2. The van der Waals surface area contributed by atoms with Gasteiger partial charge in [0.2, 0.25) is 0 Å². The Balaban J connectivity index is 1.46. The fraction of sp³-hybridized carbons (Fsp3) is 0.0400. The van der Waals surface area contributed by atoms with E-state index in [1.165, 1.54) is 12.1 Å². The molecule has 0 atom stereocenters. The second kappa shape index (κ2) is 10.3. The minimum atomic E-state index is -0.367. The Labute approximate surface area is 200 Å². The summed E-state index contributed by atoms with van der Waals surface area (Å²) in [4.78, 5) is 33.6. The standard InChI is InChI=1S/C25H18Cl2N4O2/c26-21-9-7-18(13-20(21)23-5-1-2-11-29-23)31-24(32)17-6-8-19(22(27)12-17)25(33)30-15-16-4-3-10-28-14-16/h1-14H,15H2,(H,30,33)(H,31,32). The third kappa shape index (κ3) is 5.55. The van der Waals surface area contributed by atoms with Crippen LogP contribution in [0.4, 0.5) is 5.69 Å².